The second kappa shape index (κ2) is 4.52. The van der Waals surface area contributed by atoms with Crippen LogP contribution in [-0.2, 0) is 22.6 Å². The Morgan fingerprint density at radius 1 is 1.57 bits per heavy atom. The van der Waals surface area contributed by atoms with E-state index in [-0.39, 0.29) is 11.5 Å². The van der Waals surface area contributed by atoms with Crippen LogP contribution in [0.25, 0.3) is 0 Å². The van der Waals surface area contributed by atoms with Gasteiger partial charge in [-0.05, 0) is 13.0 Å². The molecule has 14 heavy (non-hydrogen) atoms. The third-order valence-corrected chi connectivity index (χ3v) is 3.32. The van der Waals surface area contributed by atoms with Crippen molar-refractivity contribution >= 4 is 9.84 Å². The first-order chi connectivity index (χ1) is 6.53. The molecule has 0 aliphatic rings. The molecule has 1 aromatic heterocycles. The molecular weight excluding hydrogens is 204 g/mol. The van der Waals surface area contributed by atoms with E-state index in [0.717, 1.165) is 0 Å². The second-order valence-corrected chi connectivity index (χ2v) is 5.30. The van der Waals surface area contributed by atoms with Gasteiger partial charge in [-0.1, -0.05) is 5.21 Å². The normalized spacial score (nSPS) is 11.9. The zero-order chi connectivity index (χ0) is 10.6. The van der Waals surface area contributed by atoms with E-state index in [9.17, 15) is 8.42 Å². The Kier molecular flexibility index (Phi) is 3.59. The van der Waals surface area contributed by atoms with Crippen LogP contribution in [0.5, 0.6) is 0 Å². The smallest absolute Gasteiger partial charge is 0.156 e. The number of nitrogens with two attached hydrogens (primary N) is 1. The quantitative estimate of drug-likeness (QED) is 0.690. The number of rotatable bonds is 5. The molecule has 1 rings (SSSR count). The maximum Gasteiger partial charge on any atom is 0.156 e. The Bertz CT molecular complexity index is 384. The third-order valence-electron chi connectivity index (χ3n) is 1.68. The van der Waals surface area contributed by atoms with Gasteiger partial charge in [0.2, 0.25) is 0 Å². The maximum absolute atomic E-state index is 11.4. The van der Waals surface area contributed by atoms with Crippen LogP contribution in [0.15, 0.2) is 6.20 Å². The molecule has 6 nitrogen and oxygen atoms in total. The van der Waals surface area contributed by atoms with Gasteiger partial charge in [-0.15, -0.1) is 5.10 Å². The Morgan fingerprint density at radius 3 is 2.79 bits per heavy atom. The van der Waals surface area contributed by atoms with E-state index in [4.69, 9.17) is 5.73 Å². The first-order valence-corrected chi connectivity index (χ1v) is 6.11. The summed E-state index contributed by atoms with van der Waals surface area (Å²) in [6, 6.07) is 0. The highest BCUT2D eigenvalue weighted by Crippen LogP contribution is 2.03. The summed E-state index contributed by atoms with van der Waals surface area (Å²) in [6.07, 6.45) is 2.09. The molecule has 0 unspecified atom stereocenters. The molecule has 0 bridgehead atoms. The Hall–Kier alpha value is -0.950. The molecule has 1 heterocycles. The van der Waals surface area contributed by atoms with Gasteiger partial charge in [-0.2, -0.15) is 0 Å². The lowest BCUT2D eigenvalue weighted by Gasteiger charge is -1.99. The standard InChI is InChI=1S/C7H14N4O2S/c1-11-5-7(9-10-11)6-14(12,13)4-2-3-8/h5H,2-4,6,8H2,1H3. The third kappa shape index (κ3) is 3.43. The zero-order valence-corrected chi connectivity index (χ0v) is 8.87. The minimum absolute atomic E-state index is 0.0547. The summed E-state index contributed by atoms with van der Waals surface area (Å²) in [7, 11) is -1.38. The average Bonchev–Trinajstić information content (AvgIpc) is 2.47. The molecule has 7 heteroatoms. The van der Waals surface area contributed by atoms with Gasteiger partial charge in [0, 0.05) is 13.2 Å². The minimum atomic E-state index is -3.08. The van der Waals surface area contributed by atoms with Gasteiger partial charge in [0.1, 0.15) is 0 Å². The minimum Gasteiger partial charge on any atom is -0.330 e. The second-order valence-electron chi connectivity index (χ2n) is 3.12. The van der Waals surface area contributed by atoms with E-state index >= 15 is 0 Å². The summed E-state index contributed by atoms with van der Waals surface area (Å²) < 4.78 is 24.4. The van der Waals surface area contributed by atoms with Crippen LogP contribution < -0.4 is 5.73 Å². The van der Waals surface area contributed by atoms with Crippen molar-refractivity contribution in [2.45, 2.75) is 12.2 Å². The van der Waals surface area contributed by atoms with Crippen LogP contribution in [0, 0.1) is 0 Å². The topological polar surface area (TPSA) is 90.9 Å². The van der Waals surface area contributed by atoms with Crippen molar-refractivity contribution in [3.63, 3.8) is 0 Å². The molecule has 0 spiro atoms. The summed E-state index contributed by atoms with van der Waals surface area (Å²) >= 11 is 0. The van der Waals surface area contributed by atoms with Crippen molar-refractivity contribution in [3.8, 4) is 0 Å². The summed E-state index contributed by atoms with van der Waals surface area (Å²) in [5, 5.41) is 7.37. The van der Waals surface area contributed by atoms with Crippen molar-refractivity contribution in [1.29, 1.82) is 0 Å². The highest BCUT2D eigenvalue weighted by atomic mass is 32.2. The number of aryl methyl sites for hydroxylation is 1. The fraction of sp³-hybridized carbons (Fsp3) is 0.714. The molecule has 0 saturated heterocycles. The van der Waals surface area contributed by atoms with Crippen LogP contribution in [0.1, 0.15) is 12.1 Å². The molecule has 0 saturated carbocycles. The van der Waals surface area contributed by atoms with Crippen LogP contribution in [0.3, 0.4) is 0 Å². The lowest BCUT2D eigenvalue weighted by atomic mass is 10.5. The molecule has 0 fully saturated rings. The first kappa shape index (κ1) is 11.1. The SMILES string of the molecule is Cn1cc(CS(=O)(=O)CCCN)nn1. The molecule has 80 valence electrons. The number of nitrogens with zero attached hydrogens (tertiary/aromatic N) is 3. The van der Waals surface area contributed by atoms with E-state index in [1.807, 2.05) is 0 Å². The highest BCUT2D eigenvalue weighted by molar-refractivity contribution is 7.90. The van der Waals surface area contributed by atoms with E-state index < -0.39 is 9.84 Å². The molecule has 0 radical (unpaired) electrons. The van der Waals surface area contributed by atoms with Gasteiger partial charge in [0.25, 0.3) is 0 Å². The Labute approximate surface area is 83.0 Å². The fourth-order valence-corrected chi connectivity index (χ4v) is 2.40. The average molecular weight is 218 g/mol. The van der Waals surface area contributed by atoms with Gasteiger partial charge in [0.15, 0.2) is 9.84 Å². The van der Waals surface area contributed by atoms with Gasteiger partial charge < -0.3 is 5.73 Å². The lowest BCUT2D eigenvalue weighted by Crippen LogP contribution is -2.13. The summed E-state index contributed by atoms with van der Waals surface area (Å²) in [6.45, 7) is 0.389. The highest BCUT2D eigenvalue weighted by Gasteiger charge is 2.13. The van der Waals surface area contributed by atoms with E-state index in [2.05, 4.69) is 10.3 Å². The Balaban J connectivity index is 2.59. The van der Waals surface area contributed by atoms with Gasteiger partial charge in [-0.3, -0.25) is 4.68 Å². The lowest BCUT2D eigenvalue weighted by molar-refractivity contribution is 0.592. The molecule has 0 aromatic carbocycles. The number of hydrogen-bond donors (Lipinski definition) is 1. The molecule has 1 aromatic rings. The maximum atomic E-state index is 11.4. The number of sulfone groups is 1. The largest absolute Gasteiger partial charge is 0.330 e. The van der Waals surface area contributed by atoms with E-state index in [0.29, 0.717) is 18.7 Å². The molecular formula is C7H14N4O2S. The van der Waals surface area contributed by atoms with Gasteiger partial charge >= 0.3 is 0 Å². The first-order valence-electron chi connectivity index (χ1n) is 4.29. The van der Waals surface area contributed by atoms with E-state index in [1.165, 1.54) is 4.68 Å². The van der Waals surface area contributed by atoms with Crippen LogP contribution >= 0.6 is 0 Å². The predicted molar refractivity (Wildman–Crippen MR) is 52.2 cm³/mol. The molecule has 0 atom stereocenters. The fourth-order valence-electron chi connectivity index (χ4n) is 1.06. The monoisotopic (exact) mass is 218 g/mol. The van der Waals surface area contributed by atoms with Crippen molar-refractivity contribution in [2.75, 3.05) is 12.3 Å². The molecule has 0 amide bonds. The van der Waals surface area contributed by atoms with Crippen molar-refractivity contribution in [2.24, 2.45) is 12.8 Å². The predicted octanol–water partition coefficient (Wildman–Crippen LogP) is -0.921. The number of aromatic nitrogens is 3. The van der Waals surface area contributed by atoms with Gasteiger partial charge in [0.05, 0.1) is 17.2 Å². The zero-order valence-electron chi connectivity index (χ0n) is 8.05. The number of hydrogen-bond acceptors (Lipinski definition) is 5. The van der Waals surface area contributed by atoms with Crippen LogP contribution in [-0.4, -0.2) is 35.7 Å². The van der Waals surface area contributed by atoms with Crippen molar-refractivity contribution in [1.82, 2.24) is 15.0 Å². The van der Waals surface area contributed by atoms with Crippen molar-refractivity contribution in [3.05, 3.63) is 11.9 Å². The van der Waals surface area contributed by atoms with Gasteiger partial charge in [-0.25, -0.2) is 8.42 Å². The molecule has 2 N–H and O–H groups in total. The van der Waals surface area contributed by atoms with Crippen LogP contribution in [0.4, 0.5) is 0 Å². The molecule has 0 aliphatic carbocycles. The van der Waals surface area contributed by atoms with E-state index in [1.54, 1.807) is 13.2 Å². The summed E-state index contributed by atoms with van der Waals surface area (Å²) in [4.78, 5) is 0. The molecule has 0 aliphatic heterocycles. The Morgan fingerprint density at radius 2 is 2.29 bits per heavy atom. The summed E-state index contributed by atoms with van der Waals surface area (Å²) in [5.74, 6) is 0.0565. The van der Waals surface area contributed by atoms with Crippen molar-refractivity contribution < 1.29 is 8.42 Å². The summed E-state index contributed by atoms with van der Waals surface area (Å²) in [5.41, 5.74) is 5.71. The van der Waals surface area contributed by atoms with Crippen LogP contribution in [0.2, 0.25) is 0 Å².